The summed E-state index contributed by atoms with van der Waals surface area (Å²) in [5.74, 6) is -1.87. The molecule has 0 fully saturated rings. The van der Waals surface area contributed by atoms with Crippen LogP contribution in [0.25, 0.3) is 0 Å². The summed E-state index contributed by atoms with van der Waals surface area (Å²) >= 11 is 11.4. The summed E-state index contributed by atoms with van der Waals surface area (Å²) < 4.78 is 5.19. The second-order valence-corrected chi connectivity index (χ2v) is 5.14. The minimum atomic E-state index is -1.43. The van der Waals surface area contributed by atoms with Gasteiger partial charge in [0.15, 0.2) is 6.61 Å². The van der Waals surface area contributed by atoms with Crippen LogP contribution in [0.15, 0.2) is 42.5 Å². The van der Waals surface area contributed by atoms with Crippen molar-refractivity contribution in [2.45, 2.75) is 0 Å². The highest BCUT2D eigenvalue weighted by Crippen LogP contribution is 2.22. The first-order valence-electron chi connectivity index (χ1n) is 6.15. The predicted octanol–water partition coefficient (Wildman–Crippen LogP) is 2.37. The summed E-state index contributed by atoms with van der Waals surface area (Å²) in [5, 5.41) is 14.4. The van der Waals surface area contributed by atoms with E-state index in [-0.39, 0.29) is 22.9 Å². The van der Waals surface area contributed by atoms with Gasteiger partial charge >= 0.3 is 0 Å². The van der Waals surface area contributed by atoms with E-state index >= 15 is 0 Å². The number of amides is 1. The summed E-state index contributed by atoms with van der Waals surface area (Å²) in [6.45, 7) is -0.357. The monoisotopic (exact) mass is 338 g/mol. The number of hydrogen-bond donors (Lipinski definition) is 1. The molecule has 1 N–H and O–H groups in total. The number of aromatic carboxylic acids is 1. The van der Waals surface area contributed by atoms with Crippen LogP contribution in [0.3, 0.4) is 0 Å². The van der Waals surface area contributed by atoms with E-state index in [4.69, 9.17) is 27.9 Å². The second kappa shape index (κ2) is 7.15. The number of carbonyl (C=O) groups excluding carboxylic acids is 2. The van der Waals surface area contributed by atoms with Gasteiger partial charge in [-0.2, -0.15) is 0 Å². The molecule has 2 rings (SSSR count). The number of rotatable bonds is 5. The van der Waals surface area contributed by atoms with Crippen molar-refractivity contribution in [3.05, 3.63) is 58.1 Å². The number of carbonyl (C=O) groups is 2. The molecule has 0 radical (unpaired) electrons. The highest BCUT2D eigenvalue weighted by atomic mass is 35.5. The number of carboxylic acids is 1. The fourth-order valence-electron chi connectivity index (χ4n) is 1.66. The highest BCUT2D eigenvalue weighted by Gasteiger charge is 2.09. The van der Waals surface area contributed by atoms with E-state index < -0.39 is 11.9 Å². The smallest absolute Gasteiger partial charge is 0.262 e. The SMILES string of the molecule is O=C(COc1ccc(Cl)cc1C(=O)[O-])Nc1ccc(Cl)cc1. The van der Waals surface area contributed by atoms with Gasteiger partial charge in [0.2, 0.25) is 0 Å². The lowest BCUT2D eigenvalue weighted by Gasteiger charge is -2.12. The number of carboxylic acid groups (broad SMARTS) is 1. The summed E-state index contributed by atoms with van der Waals surface area (Å²) in [6.07, 6.45) is 0. The normalized spacial score (nSPS) is 10.1. The van der Waals surface area contributed by atoms with Gasteiger partial charge < -0.3 is 20.0 Å². The number of benzene rings is 2. The lowest BCUT2D eigenvalue weighted by Crippen LogP contribution is -2.25. The van der Waals surface area contributed by atoms with Crippen LogP contribution in [0.4, 0.5) is 5.69 Å². The van der Waals surface area contributed by atoms with E-state index in [9.17, 15) is 14.7 Å². The zero-order valence-electron chi connectivity index (χ0n) is 11.1. The van der Waals surface area contributed by atoms with Crippen LogP contribution in [-0.2, 0) is 4.79 Å². The maximum absolute atomic E-state index is 11.8. The Morgan fingerprint density at radius 2 is 1.68 bits per heavy atom. The summed E-state index contributed by atoms with van der Waals surface area (Å²) in [7, 11) is 0. The van der Waals surface area contributed by atoms with Crippen LogP contribution in [0.5, 0.6) is 5.75 Å². The Hall–Kier alpha value is -2.24. The maximum Gasteiger partial charge on any atom is 0.262 e. The molecule has 5 nitrogen and oxygen atoms in total. The molecule has 7 heteroatoms. The zero-order chi connectivity index (χ0) is 16.1. The molecule has 2 aromatic carbocycles. The van der Waals surface area contributed by atoms with E-state index in [1.807, 2.05) is 0 Å². The molecule has 0 aliphatic heterocycles. The van der Waals surface area contributed by atoms with Crippen molar-refractivity contribution in [1.82, 2.24) is 0 Å². The Bertz CT molecular complexity index is 701. The van der Waals surface area contributed by atoms with Crippen LogP contribution in [0, 0.1) is 0 Å². The van der Waals surface area contributed by atoms with Crippen LogP contribution >= 0.6 is 23.2 Å². The lowest BCUT2D eigenvalue weighted by molar-refractivity contribution is -0.255. The number of halogens is 2. The Balaban J connectivity index is 1.99. The molecule has 0 saturated heterocycles. The standard InChI is InChI=1S/C15H11Cl2NO4/c16-9-1-4-11(5-2-9)18-14(19)8-22-13-6-3-10(17)7-12(13)15(20)21/h1-7H,8H2,(H,18,19)(H,20,21)/p-1. The van der Waals surface area contributed by atoms with Gasteiger partial charge in [0.05, 0.1) is 5.97 Å². The molecular weight excluding hydrogens is 329 g/mol. The quantitative estimate of drug-likeness (QED) is 0.907. The summed E-state index contributed by atoms with van der Waals surface area (Å²) in [4.78, 5) is 22.7. The second-order valence-electron chi connectivity index (χ2n) is 4.27. The predicted molar refractivity (Wildman–Crippen MR) is 81.4 cm³/mol. The largest absolute Gasteiger partial charge is 0.545 e. The van der Waals surface area contributed by atoms with Crippen LogP contribution in [0.2, 0.25) is 10.0 Å². The Morgan fingerprint density at radius 1 is 1.05 bits per heavy atom. The van der Waals surface area contributed by atoms with Crippen molar-refractivity contribution in [3.8, 4) is 5.75 Å². The average Bonchev–Trinajstić information content (AvgIpc) is 2.48. The Morgan fingerprint density at radius 3 is 2.32 bits per heavy atom. The molecule has 0 saturated carbocycles. The Labute approximate surface area is 136 Å². The van der Waals surface area contributed by atoms with Crippen LogP contribution in [0.1, 0.15) is 10.4 Å². The van der Waals surface area contributed by atoms with E-state index in [2.05, 4.69) is 5.32 Å². The fourth-order valence-corrected chi connectivity index (χ4v) is 1.96. The van der Waals surface area contributed by atoms with Gasteiger partial charge in [-0.05, 0) is 42.5 Å². The summed E-state index contributed by atoms with van der Waals surface area (Å²) in [6, 6.07) is 10.5. The maximum atomic E-state index is 11.8. The number of ether oxygens (including phenoxy) is 1. The average molecular weight is 339 g/mol. The van der Waals surface area contributed by atoms with E-state index in [1.165, 1.54) is 18.2 Å². The third-order valence-electron chi connectivity index (χ3n) is 2.65. The first-order chi connectivity index (χ1) is 10.5. The topological polar surface area (TPSA) is 78.5 Å². The zero-order valence-corrected chi connectivity index (χ0v) is 12.6. The molecule has 2 aromatic rings. The van der Waals surface area contributed by atoms with Crippen LogP contribution < -0.4 is 15.2 Å². The van der Waals surface area contributed by atoms with Gasteiger partial charge in [0, 0.05) is 21.3 Å². The molecule has 0 aromatic heterocycles. The van der Waals surface area contributed by atoms with Crippen molar-refractivity contribution in [1.29, 1.82) is 0 Å². The van der Waals surface area contributed by atoms with Crippen molar-refractivity contribution < 1.29 is 19.4 Å². The van der Waals surface area contributed by atoms with E-state index in [1.54, 1.807) is 24.3 Å². The molecule has 0 heterocycles. The number of nitrogens with one attached hydrogen (secondary N) is 1. The van der Waals surface area contributed by atoms with Gasteiger partial charge in [-0.1, -0.05) is 23.2 Å². The minimum absolute atomic E-state index is 0.00987. The van der Waals surface area contributed by atoms with E-state index in [0.29, 0.717) is 10.7 Å². The minimum Gasteiger partial charge on any atom is -0.545 e. The molecule has 0 bridgehead atoms. The molecule has 0 aliphatic carbocycles. The first kappa shape index (κ1) is 16.1. The Kier molecular flexibility index (Phi) is 5.25. The molecule has 0 aliphatic rings. The molecule has 1 amide bonds. The summed E-state index contributed by atoms with van der Waals surface area (Å²) in [5.41, 5.74) is 0.334. The van der Waals surface area contributed by atoms with Gasteiger partial charge in [0.25, 0.3) is 5.91 Å². The van der Waals surface area contributed by atoms with Gasteiger partial charge in [-0.3, -0.25) is 4.79 Å². The van der Waals surface area contributed by atoms with Crippen LogP contribution in [-0.4, -0.2) is 18.5 Å². The van der Waals surface area contributed by atoms with E-state index in [0.717, 1.165) is 0 Å². The lowest BCUT2D eigenvalue weighted by atomic mass is 10.2. The van der Waals surface area contributed by atoms with Crippen molar-refractivity contribution >= 4 is 40.8 Å². The first-order valence-corrected chi connectivity index (χ1v) is 6.90. The molecular formula is C15H10Cl2NO4-. The molecule has 0 spiro atoms. The van der Waals surface area contributed by atoms with Gasteiger partial charge in [0.1, 0.15) is 5.75 Å². The van der Waals surface area contributed by atoms with Crippen molar-refractivity contribution in [3.63, 3.8) is 0 Å². The molecule has 0 unspecified atom stereocenters. The molecule has 114 valence electrons. The van der Waals surface area contributed by atoms with Crippen molar-refractivity contribution in [2.75, 3.05) is 11.9 Å². The third-order valence-corrected chi connectivity index (χ3v) is 3.14. The number of hydrogen-bond acceptors (Lipinski definition) is 4. The molecule has 22 heavy (non-hydrogen) atoms. The number of anilines is 1. The highest BCUT2D eigenvalue weighted by molar-refractivity contribution is 6.31. The molecule has 0 atom stereocenters. The fraction of sp³-hybridized carbons (Fsp3) is 0.0667. The van der Waals surface area contributed by atoms with Gasteiger partial charge in [-0.25, -0.2) is 0 Å². The third kappa shape index (κ3) is 4.38. The van der Waals surface area contributed by atoms with Gasteiger partial charge in [-0.15, -0.1) is 0 Å². The van der Waals surface area contributed by atoms with Crippen molar-refractivity contribution in [2.24, 2.45) is 0 Å².